The molecule has 160 valence electrons. The molecule has 1 N–H and O–H groups in total. The number of rotatable bonds is 10. The van der Waals surface area contributed by atoms with Gasteiger partial charge in [0, 0.05) is 18.0 Å². The third kappa shape index (κ3) is 7.31. The smallest absolute Gasteiger partial charge is 0.307 e. The maximum absolute atomic E-state index is 14.0. The summed E-state index contributed by atoms with van der Waals surface area (Å²) < 4.78 is 23.5. The molecular formula is C23H26FNO5. The molecule has 2 rings (SSSR count). The Labute approximate surface area is 175 Å². The van der Waals surface area contributed by atoms with Crippen molar-refractivity contribution >= 4 is 17.8 Å². The predicted octanol–water partition coefficient (Wildman–Crippen LogP) is 3.43. The van der Waals surface area contributed by atoms with Crippen LogP contribution in [0.3, 0.4) is 0 Å². The lowest BCUT2D eigenvalue weighted by molar-refractivity contribution is -0.144. The number of hydrogen-bond donors (Lipinski definition) is 1. The summed E-state index contributed by atoms with van der Waals surface area (Å²) in [5, 5.41) is 2.78. The lowest BCUT2D eigenvalue weighted by Gasteiger charge is -2.18. The molecule has 0 fully saturated rings. The maximum Gasteiger partial charge on any atom is 0.307 e. The highest BCUT2D eigenvalue weighted by atomic mass is 19.1. The molecule has 7 heteroatoms. The van der Waals surface area contributed by atoms with Gasteiger partial charge in [-0.2, -0.15) is 0 Å². The molecule has 0 saturated heterocycles. The van der Waals surface area contributed by atoms with Crippen molar-refractivity contribution in [3.63, 3.8) is 0 Å². The average Bonchev–Trinajstić information content (AvgIpc) is 2.73. The Bertz CT molecular complexity index is 866. The summed E-state index contributed by atoms with van der Waals surface area (Å²) in [6.07, 6.45) is 0.331. The summed E-state index contributed by atoms with van der Waals surface area (Å²) in [5.41, 5.74) is 2.11. The zero-order valence-electron chi connectivity index (χ0n) is 17.2. The van der Waals surface area contributed by atoms with E-state index in [0.29, 0.717) is 12.0 Å². The number of nitrogens with one attached hydrogen (secondary N) is 1. The number of ether oxygens (including phenoxy) is 2. The number of benzene rings is 2. The Balaban J connectivity index is 2.06. The molecule has 0 saturated carbocycles. The van der Waals surface area contributed by atoms with E-state index in [2.05, 4.69) is 10.1 Å². The van der Waals surface area contributed by atoms with Crippen LogP contribution in [0.25, 0.3) is 11.1 Å². The lowest BCUT2D eigenvalue weighted by atomic mass is 9.99. The fourth-order valence-corrected chi connectivity index (χ4v) is 3.01. The predicted molar refractivity (Wildman–Crippen MR) is 110 cm³/mol. The van der Waals surface area contributed by atoms with Crippen molar-refractivity contribution in [3.8, 4) is 11.1 Å². The van der Waals surface area contributed by atoms with Crippen LogP contribution in [0.15, 0.2) is 48.5 Å². The minimum Gasteiger partial charge on any atom is -0.469 e. The molecule has 0 bridgehead atoms. The van der Waals surface area contributed by atoms with Crippen LogP contribution >= 0.6 is 0 Å². The van der Waals surface area contributed by atoms with Gasteiger partial charge in [0.25, 0.3) is 0 Å². The first-order valence-corrected chi connectivity index (χ1v) is 9.78. The third-order valence-electron chi connectivity index (χ3n) is 4.49. The highest BCUT2D eigenvalue weighted by molar-refractivity contribution is 5.82. The lowest BCUT2D eigenvalue weighted by Crippen LogP contribution is -2.38. The van der Waals surface area contributed by atoms with Gasteiger partial charge in [-0.15, -0.1) is 0 Å². The summed E-state index contributed by atoms with van der Waals surface area (Å²) in [4.78, 5) is 35.3. The number of carbonyl (C=O) groups excluding carboxylic acids is 3. The van der Waals surface area contributed by atoms with Crippen LogP contribution < -0.4 is 5.32 Å². The van der Waals surface area contributed by atoms with Crippen molar-refractivity contribution in [1.82, 2.24) is 5.32 Å². The highest BCUT2D eigenvalue weighted by Crippen LogP contribution is 2.23. The van der Waals surface area contributed by atoms with Crippen LogP contribution in [0.4, 0.5) is 4.39 Å². The molecule has 30 heavy (non-hydrogen) atoms. The van der Waals surface area contributed by atoms with Crippen molar-refractivity contribution in [3.05, 3.63) is 59.9 Å². The summed E-state index contributed by atoms with van der Waals surface area (Å²) in [7, 11) is 1.26. The Morgan fingerprint density at radius 3 is 2.33 bits per heavy atom. The van der Waals surface area contributed by atoms with Gasteiger partial charge >= 0.3 is 11.9 Å². The topological polar surface area (TPSA) is 81.7 Å². The van der Waals surface area contributed by atoms with Crippen LogP contribution in [0.5, 0.6) is 0 Å². The van der Waals surface area contributed by atoms with Crippen LogP contribution in [0.1, 0.15) is 31.7 Å². The first kappa shape index (κ1) is 23.1. The van der Waals surface area contributed by atoms with E-state index >= 15 is 0 Å². The van der Waals surface area contributed by atoms with Crippen LogP contribution in [-0.4, -0.2) is 37.6 Å². The average molecular weight is 415 g/mol. The van der Waals surface area contributed by atoms with Gasteiger partial charge in [-0.25, -0.2) is 4.39 Å². The van der Waals surface area contributed by atoms with E-state index in [4.69, 9.17) is 4.74 Å². The van der Waals surface area contributed by atoms with Crippen molar-refractivity contribution in [2.24, 2.45) is 0 Å². The monoisotopic (exact) mass is 415 g/mol. The standard InChI is InChI=1S/C23H26FNO5/c1-3-30-23(28)15-18(25-21(26)12-13-22(27)29-2)14-16-8-10-17(11-9-16)19-6-4-5-7-20(19)24/h4-11,18H,3,12-15H2,1-2H3,(H,25,26). The van der Waals surface area contributed by atoms with Gasteiger partial charge in [0.2, 0.25) is 5.91 Å². The summed E-state index contributed by atoms with van der Waals surface area (Å²) >= 11 is 0. The zero-order valence-corrected chi connectivity index (χ0v) is 17.2. The van der Waals surface area contributed by atoms with Crippen LogP contribution in [0, 0.1) is 5.82 Å². The Morgan fingerprint density at radius 2 is 1.70 bits per heavy atom. The zero-order chi connectivity index (χ0) is 21.9. The Kier molecular flexibility index (Phi) is 9.00. The van der Waals surface area contributed by atoms with Crippen LogP contribution in [0.2, 0.25) is 0 Å². The van der Waals surface area contributed by atoms with Gasteiger partial charge in [0.05, 0.1) is 26.6 Å². The van der Waals surface area contributed by atoms with E-state index < -0.39 is 18.0 Å². The molecule has 0 radical (unpaired) electrons. The maximum atomic E-state index is 14.0. The molecule has 0 aromatic heterocycles. The van der Waals surface area contributed by atoms with E-state index in [1.807, 2.05) is 12.1 Å². The molecule has 0 aliphatic carbocycles. The first-order valence-electron chi connectivity index (χ1n) is 9.78. The van der Waals surface area contributed by atoms with Crippen LogP contribution in [-0.2, 0) is 30.3 Å². The number of halogens is 1. The molecule has 0 aliphatic heterocycles. The summed E-state index contributed by atoms with van der Waals surface area (Å²) in [5.74, 6) is -1.55. The summed E-state index contributed by atoms with van der Waals surface area (Å²) in [6, 6.07) is 13.3. The number of esters is 2. The van der Waals surface area contributed by atoms with Gasteiger partial charge in [-0.3, -0.25) is 14.4 Å². The number of amides is 1. The summed E-state index contributed by atoms with van der Waals surface area (Å²) in [6.45, 7) is 1.96. The van der Waals surface area contributed by atoms with Crippen molar-refractivity contribution in [2.45, 2.75) is 38.6 Å². The number of carbonyl (C=O) groups is 3. The number of methoxy groups -OCH3 is 1. The van der Waals surface area contributed by atoms with Gasteiger partial charge < -0.3 is 14.8 Å². The molecule has 0 aliphatic rings. The number of hydrogen-bond acceptors (Lipinski definition) is 5. The van der Waals surface area contributed by atoms with Crippen molar-refractivity contribution in [1.29, 1.82) is 0 Å². The van der Waals surface area contributed by atoms with E-state index in [9.17, 15) is 18.8 Å². The molecule has 0 heterocycles. The van der Waals surface area contributed by atoms with Gasteiger partial charge in [0.1, 0.15) is 5.82 Å². The van der Waals surface area contributed by atoms with Crippen molar-refractivity contribution in [2.75, 3.05) is 13.7 Å². The van der Waals surface area contributed by atoms with Gasteiger partial charge in [0.15, 0.2) is 0 Å². The van der Waals surface area contributed by atoms with E-state index in [-0.39, 0.29) is 37.6 Å². The van der Waals surface area contributed by atoms with Gasteiger partial charge in [-0.05, 0) is 30.5 Å². The Morgan fingerprint density at radius 1 is 1.00 bits per heavy atom. The minimum absolute atomic E-state index is 0.00681. The molecule has 1 amide bonds. The second-order valence-corrected chi connectivity index (χ2v) is 6.73. The Hall–Kier alpha value is -3.22. The van der Waals surface area contributed by atoms with E-state index in [0.717, 1.165) is 11.1 Å². The molecule has 1 unspecified atom stereocenters. The van der Waals surface area contributed by atoms with Gasteiger partial charge in [-0.1, -0.05) is 42.5 Å². The fraction of sp³-hybridized carbons (Fsp3) is 0.348. The molecule has 2 aromatic carbocycles. The largest absolute Gasteiger partial charge is 0.469 e. The molecule has 2 aromatic rings. The fourth-order valence-electron chi connectivity index (χ4n) is 3.01. The first-order chi connectivity index (χ1) is 14.4. The minimum atomic E-state index is -0.492. The SMILES string of the molecule is CCOC(=O)CC(Cc1ccc(-c2ccccc2F)cc1)NC(=O)CCC(=O)OC. The molecular weight excluding hydrogens is 389 g/mol. The molecule has 6 nitrogen and oxygen atoms in total. The highest BCUT2D eigenvalue weighted by Gasteiger charge is 2.19. The third-order valence-corrected chi connectivity index (χ3v) is 4.49. The molecule has 1 atom stereocenters. The normalized spacial score (nSPS) is 11.4. The van der Waals surface area contributed by atoms with Crippen molar-refractivity contribution < 1.29 is 28.2 Å². The molecule has 0 spiro atoms. The second-order valence-electron chi connectivity index (χ2n) is 6.73. The van der Waals surface area contributed by atoms with E-state index in [1.165, 1.54) is 13.2 Å². The second kappa shape index (κ2) is 11.7. The van der Waals surface area contributed by atoms with E-state index in [1.54, 1.807) is 37.3 Å². The quantitative estimate of drug-likeness (QED) is 0.602.